The van der Waals surface area contributed by atoms with Crippen molar-refractivity contribution in [1.82, 2.24) is 5.32 Å². The maximum atomic E-state index is 12.8. The molecular formula is C18H22BrClN2O. The fraction of sp³-hybridized carbons (Fsp3) is 0.611. The van der Waals surface area contributed by atoms with Crippen LogP contribution < -0.4 is 11.1 Å². The van der Waals surface area contributed by atoms with Gasteiger partial charge >= 0.3 is 0 Å². The van der Waals surface area contributed by atoms with Crippen LogP contribution in [-0.4, -0.2) is 11.9 Å². The van der Waals surface area contributed by atoms with Gasteiger partial charge in [0.15, 0.2) is 0 Å². The number of fused-ring (bicyclic) bond motifs is 2. The normalized spacial score (nSPS) is 34.2. The van der Waals surface area contributed by atoms with E-state index in [0.29, 0.717) is 22.9 Å². The molecule has 0 aromatic heterocycles. The summed E-state index contributed by atoms with van der Waals surface area (Å²) in [7, 11) is 0. The Morgan fingerprint density at radius 1 is 1.26 bits per heavy atom. The molecule has 3 aliphatic carbocycles. The molecule has 2 unspecified atom stereocenters. The smallest absolute Gasteiger partial charge is 0.223 e. The highest BCUT2D eigenvalue weighted by Crippen LogP contribution is 2.48. The molecule has 124 valence electrons. The third-order valence-electron chi connectivity index (χ3n) is 6.13. The van der Waals surface area contributed by atoms with Crippen molar-refractivity contribution in [3.05, 3.63) is 33.3 Å². The van der Waals surface area contributed by atoms with E-state index in [1.165, 1.54) is 12.8 Å². The van der Waals surface area contributed by atoms with Crippen molar-refractivity contribution in [1.29, 1.82) is 0 Å². The number of halogens is 2. The van der Waals surface area contributed by atoms with Gasteiger partial charge in [-0.2, -0.15) is 0 Å². The Balaban J connectivity index is 1.47. The molecule has 1 aromatic rings. The minimum absolute atomic E-state index is 0.135. The topological polar surface area (TPSA) is 55.1 Å². The monoisotopic (exact) mass is 396 g/mol. The first-order chi connectivity index (χ1) is 11.0. The van der Waals surface area contributed by atoms with Crippen molar-refractivity contribution in [2.24, 2.45) is 23.5 Å². The zero-order valence-electron chi connectivity index (χ0n) is 13.0. The van der Waals surface area contributed by atoms with Crippen LogP contribution in [0.5, 0.6) is 0 Å². The van der Waals surface area contributed by atoms with E-state index in [0.717, 1.165) is 35.7 Å². The second-order valence-electron chi connectivity index (χ2n) is 7.54. The maximum Gasteiger partial charge on any atom is 0.223 e. The molecule has 1 aromatic carbocycles. The van der Waals surface area contributed by atoms with Gasteiger partial charge in [-0.3, -0.25) is 4.79 Å². The molecule has 3 aliphatic rings. The van der Waals surface area contributed by atoms with Gasteiger partial charge in [-0.15, -0.1) is 0 Å². The Morgan fingerprint density at radius 2 is 1.91 bits per heavy atom. The van der Waals surface area contributed by atoms with Gasteiger partial charge in [0.05, 0.1) is 10.6 Å². The van der Waals surface area contributed by atoms with Crippen molar-refractivity contribution in [3.8, 4) is 0 Å². The van der Waals surface area contributed by atoms with Gasteiger partial charge in [0.2, 0.25) is 5.91 Å². The molecule has 3 saturated carbocycles. The van der Waals surface area contributed by atoms with Crippen LogP contribution in [0.25, 0.3) is 0 Å². The zero-order chi connectivity index (χ0) is 16.2. The molecular weight excluding hydrogens is 376 g/mol. The second-order valence-corrected chi connectivity index (χ2v) is 8.80. The summed E-state index contributed by atoms with van der Waals surface area (Å²) in [5.41, 5.74) is 7.18. The van der Waals surface area contributed by atoms with Gasteiger partial charge in [0, 0.05) is 16.4 Å². The lowest BCUT2D eigenvalue weighted by Gasteiger charge is -2.33. The summed E-state index contributed by atoms with van der Waals surface area (Å²) in [5.74, 6) is 1.43. The standard InChI is InChI=1S/C18H22BrClN2O/c19-14-4-3-13(9-15(14)20)18(5-6-18)22-17(23)12-7-10-1-2-11(8-12)16(10)21/h3-4,9-12,16H,1-2,5-8,21H2,(H,22,23)/t10-,11+,12?,16?. The quantitative estimate of drug-likeness (QED) is 0.811. The lowest BCUT2D eigenvalue weighted by molar-refractivity contribution is -0.127. The largest absolute Gasteiger partial charge is 0.346 e. The predicted molar refractivity (Wildman–Crippen MR) is 95.1 cm³/mol. The van der Waals surface area contributed by atoms with Crippen LogP contribution in [0, 0.1) is 17.8 Å². The molecule has 2 bridgehead atoms. The molecule has 3 N–H and O–H groups in total. The third-order valence-corrected chi connectivity index (χ3v) is 7.36. The number of amides is 1. The maximum absolute atomic E-state index is 12.8. The van der Waals surface area contributed by atoms with Gasteiger partial charge in [0.25, 0.3) is 0 Å². The number of nitrogens with one attached hydrogen (secondary N) is 1. The molecule has 4 rings (SSSR count). The Kier molecular flexibility index (Phi) is 3.98. The number of benzene rings is 1. The predicted octanol–water partition coefficient (Wildman–Crippen LogP) is 3.97. The van der Waals surface area contributed by atoms with E-state index in [1.807, 2.05) is 12.1 Å². The lowest BCUT2D eigenvalue weighted by atomic mass is 9.77. The van der Waals surface area contributed by atoms with E-state index >= 15 is 0 Å². The first kappa shape index (κ1) is 15.9. The third kappa shape index (κ3) is 2.83. The highest BCUT2D eigenvalue weighted by molar-refractivity contribution is 9.10. The second kappa shape index (κ2) is 5.75. The molecule has 0 aliphatic heterocycles. The molecule has 3 fully saturated rings. The SMILES string of the molecule is NC1[C@@H]2CC[C@H]1CC(C(=O)NC1(c3ccc(Br)c(Cl)c3)CC1)C2. The van der Waals surface area contributed by atoms with Crippen molar-refractivity contribution >= 4 is 33.4 Å². The number of carbonyl (C=O) groups excluding carboxylic acids is 1. The van der Waals surface area contributed by atoms with Gasteiger partial charge < -0.3 is 11.1 Å². The van der Waals surface area contributed by atoms with Gasteiger partial charge in [-0.25, -0.2) is 0 Å². The number of carbonyl (C=O) groups is 1. The number of rotatable bonds is 3. The molecule has 0 heterocycles. The Morgan fingerprint density at radius 3 is 2.48 bits per heavy atom. The molecule has 0 radical (unpaired) electrons. The Bertz CT molecular complexity index is 632. The van der Waals surface area contributed by atoms with Crippen LogP contribution in [0.4, 0.5) is 0 Å². The van der Waals surface area contributed by atoms with Gasteiger partial charge in [0.1, 0.15) is 0 Å². The fourth-order valence-corrected chi connectivity index (χ4v) is 4.96. The van der Waals surface area contributed by atoms with E-state index in [-0.39, 0.29) is 17.4 Å². The van der Waals surface area contributed by atoms with Crippen molar-refractivity contribution in [2.75, 3.05) is 0 Å². The van der Waals surface area contributed by atoms with Crippen LogP contribution >= 0.6 is 27.5 Å². The summed E-state index contributed by atoms with van der Waals surface area (Å²) in [4.78, 5) is 12.8. The van der Waals surface area contributed by atoms with E-state index in [1.54, 1.807) is 0 Å². The number of hydrogen-bond donors (Lipinski definition) is 2. The molecule has 4 atom stereocenters. The lowest BCUT2D eigenvalue weighted by Crippen LogP contribution is -2.45. The first-order valence-electron chi connectivity index (χ1n) is 8.52. The number of nitrogens with two attached hydrogens (primary N) is 1. The molecule has 0 spiro atoms. The highest BCUT2D eigenvalue weighted by Gasteiger charge is 2.49. The number of hydrogen-bond acceptors (Lipinski definition) is 2. The van der Waals surface area contributed by atoms with E-state index in [4.69, 9.17) is 17.3 Å². The summed E-state index contributed by atoms with van der Waals surface area (Å²) in [5, 5.41) is 4.03. The zero-order valence-corrected chi connectivity index (χ0v) is 15.4. The van der Waals surface area contributed by atoms with Crippen LogP contribution in [0.15, 0.2) is 22.7 Å². The molecule has 23 heavy (non-hydrogen) atoms. The minimum atomic E-state index is -0.194. The first-order valence-corrected chi connectivity index (χ1v) is 9.69. The molecule has 5 heteroatoms. The minimum Gasteiger partial charge on any atom is -0.346 e. The van der Waals surface area contributed by atoms with Crippen molar-refractivity contribution in [2.45, 2.75) is 50.1 Å². The average molecular weight is 398 g/mol. The summed E-state index contributed by atoms with van der Waals surface area (Å²) in [6, 6.07) is 6.31. The van der Waals surface area contributed by atoms with Crippen LogP contribution in [0.3, 0.4) is 0 Å². The Labute approximate surface area is 150 Å². The van der Waals surface area contributed by atoms with E-state index in [2.05, 4.69) is 27.3 Å². The van der Waals surface area contributed by atoms with E-state index < -0.39 is 0 Å². The van der Waals surface area contributed by atoms with Gasteiger partial charge in [-0.05, 0) is 84.0 Å². The Hall–Kier alpha value is -0.580. The molecule has 0 saturated heterocycles. The van der Waals surface area contributed by atoms with Crippen molar-refractivity contribution in [3.63, 3.8) is 0 Å². The van der Waals surface area contributed by atoms with Crippen LogP contribution in [0.2, 0.25) is 5.02 Å². The highest BCUT2D eigenvalue weighted by atomic mass is 79.9. The summed E-state index contributed by atoms with van der Waals surface area (Å²) < 4.78 is 0.892. The molecule has 1 amide bonds. The summed E-state index contributed by atoms with van der Waals surface area (Å²) >= 11 is 9.65. The molecule has 3 nitrogen and oxygen atoms in total. The summed E-state index contributed by atoms with van der Waals surface area (Å²) in [6.45, 7) is 0. The van der Waals surface area contributed by atoms with Crippen molar-refractivity contribution < 1.29 is 4.79 Å². The van der Waals surface area contributed by atoms with Crippen LogP contribution in [0.1, 0.15) is 44.1 Å². The van der Waals surface area contributed by atoms with E-state index in [9.17, 15) is 4.79 Å². The average Bonchev–Trinajstić information content (AvgIpc) is 3.27. The van der Waals surface area contributed by atoms with Gasteiger partial charge in [-0.1, -0.05) is 17.7 Å². The fourth-order valence-electron chi connectivity index (χ4n) is 4.53. The van der Waals surface area contributed by atoms with Crippen LogP contribution in [-0.2, 0) is 10.3 Å². The summed E-state index contributed by atoms with van der Waals surface area (Å²) in [6.07, 6.45) is 6.30.